The number of benzene rings is 2. The minimum absolute atomic E-state index is 0.129. The van der Waals surface area contributed by atoms with E-state index in [4.69, 9.17) is 16.3 Å². The van der Waals surface area contributed by atoms with Gasteiger partial charge in [0.2, 0.25) is 0 Å². The second kappa shape index (κ2) is 10.1. The highest BCUT2D eigenvalue weighted by Crippen LogP contribution is 2.33. The highest BCUT2D eigenvalue weighted by Gasteiger charge is 2.26. The van der Waals surface area contributed by atoms with Crippen molar-refractivity contribution < 1.29 is 14.3 Å². The molecule has 2 aromatic heterocycles. The SMILES string of the molecule is CC(C)(C)OC(=O)c1c(NC(=O)NC(c2ccccc2)c2ccccn2)cc(Cl)c2cccnc12. The highest BCUT2D eigenvalue weighted by atomic mass is 35.5. The lowest BCUT2D eigenvalue weighted by atomic mass is 10.0. The summed E-state index contributed by atoms with van der Waals surface area (Å²) in [5, 5.41) is 6.66. The summed E-state index contributed by atoms with van der Waals surface area (Å²) in [6.07, 6.45) is 3.23. The van der Waals surface area contributed by atoms with Crippen LogP contribution in [0.25, 0.3) is 10.9 Å². The molecule has 8 heteroatoms. The van der Waals surface area contributed by atoms with E-state index in [2.05, 4.69) is 20.6 Å². The lowest BCUT2D eigenvalue weighted by Gasteiger charge is -2.22. The predicted molar refractivity (Wildman–Crippen MR) is 137 cm³/mol. The van der Waals surface area contributed by atoms with Crippen molar-refractivity contribution in [2.45, 2.75) is 32.4 Å². The number of urea groups is 1. The molecule has 0 saturated heterocycles. The number of nitrogens with zero attached hydrogens (tertiary/aromatic N) is 2. The number of hydrogen-bond donors (Lipinski definition) is 2. The van der Waals surface area contributed by atoms with Crippen LogP contribution in [-0.2, 0) is 4.74 Å². The Morgan fingerprint density at radius 1 is 0.943 bits per heavy atom. The van der Waals surface area contributed by atoms with Crippen LogP contribution < -0.4 is 10.6 Å². The van der Waals surface area contributed by atoms with Crippen molar-refractivity contribution in [2.24, 2.45) is 0 Å². The van der Waals surface area contributed by atoms with Crippen LogP contribution in [0.1, 0.15) is 48.4 Å². The van der Waals surface area contributed by atoms with Gasteiger partial charge in [0.15, 0.2) is 0 Å². The van der Waals surface area contributed by atoms with Crippen LogP contribution in [0, 0.1) is 0 Å². The quantitative estimate of drug-likeness (QED) is 0.329. The van der Waals surface area contributed by atoms with Gasteiger partial charge in [-0.3, -0.25) is 9.97 Å². The number of ether oxygens (including phenoxy) is 1. The average Bonchev–Trinajstić information content (AvgIpc) is 2.82. The van der Waals surface area contributed by atoms with Crippen molar-refractivity contribution >= 4 is 40.2 Å². The summed E-state index contributed by atoms with van der Waals surface area (Å²) in [7, 11) is 0. The van der Waals surface area contributed by atoms with Gasteiger partial charge < -0.3 is 15.4 Å². The molecule has 1 unspecified atom stereocenters. The van der Waals surface area contributed by atoms with Crippen molar-refractivity contribution in [3.05, 3.63) is 101 Å². The van der Waals surface area contributed by atoms with E-state index in [9.17, 15) is 9.59 Å². The summed E-state index contributed by atoms with van der Waals surface area (Å²) in [5.41, 5.74) is 1.44. The number of nitrogens with one attached hydrogen (secondary N) is 2. The van der Waals surface area contributed by atoms with E-state index >= 15 is 0 Å². The topological polar surface area (TPSA) is 93.2 Å². The molecular weight excluding hydrogens is 464 g/mol. The molecule has 0 fully saturated rings. The maximum atomic E-state index is 13.2. The fraction of sp³-hybridized carbons (Fsp3) is 0.185. The van der Waals surface area contributed by atoms with Gasteiger partial charge in [-0.15, -0.1) is 0 Å². The lowest BCUT2D eigenvalue weighted by Crippen LogP contribution is -2.34. The lowest BCUT2D eigenvalue weighted by molar-refractivity contribution is 0.00728. The number of esters is 1. The number of aromatic nitrogens is 2. The smallest absolute Gasteiger partial charge is 0.343 e. The van der Waals surface area contributed by atoms with Crippen molar-refractivity contribution in [1.29, 1.82) is 0 Å². The van der Waals surface area contributed by atoms with Crippen LogP contribution in [0.15, 0.2) is 79.1 Å². The van der Waals surface area contributed by atoms with E-state index in [0.29, 0.717) is 21.6 Å². The van der Waals surface area contributed by atoms with Gasteiger partial charge in [-0.2, -0.15) is 0 Å². The molecule has 0 aliphatic heterocycles. The van der Waals surface area contributed by atoms with Crippen molar-refractivity contribution in [3.8, 4) is 0 Å². The molecule has 2 N–H and O–H groups in total. The molecule has 0 bridgehead atoms. The molecule has 35 heavy (non-hydrogen) atoms. The Morgan fingerprint density at radius 3 is 2.34 bits per heavy atom. The third-order valence-corrected chi connectivity index (χ3v) is 5.40. The first-order chi connectivity index (χ1) is 16.7. The number of hydrogen-bond acceptors (Lipinski definition) is 5. The first kappa shape index (κ1) is 24.2. The normalized spacial score (nSPS) is 12.1. The van der Waals surface area contributed by atoms with Crippen LogP contribution in [0.3, 0.4) is 0 Å². The van der Waals surface area contributed by atoms with E-state index in [1.165, 1.54) is 6.07 Å². The molecule has 0 spiro atoms. The molecule has 4 rings (SSSR count). The van der Waals surface area contributed by atoms with Gasteiger partial charge in [0, 0.05) is 17.8 Å². The fourth-order valence-electron chi connectivity index (χ4n) is 3.65. The van der Waals surface area contributed by atoms with E-state index in [1.807, 2.05) is 48.5 Å². The third-order valence-electron chi connectivity index (χ3n) is 5.09. The number of halogens is 1. The number of pyridine rings is 2. The number of fused-ring (bicyclic) bond motifs is 1. The standard InChI is InChI=1S/C27H25ClN4O3/c1-27(2,3)35-25(33)22-21(16-19(28)18-12-9-15-30-24(18)22)31-26(34)32-23(17-10-5-4-6-11-17)20-13-7-8-14-29-20/h4-16,23H,1-3H3,(H2,31,32,34). The molecule has 0 aliphatic rings. The number of carbonyl (C=O) groups is 2. The molecule has 1 atom stereocenters. The van der Waals surface area contributed by atoms with Gasteiger partial charge in [-0.25, -0.2) is 9.59 Å². The van der Waals surface area contributed by atoms with Gasteiger partial charge in [0.25, 0.3) is 0 Å². The maximum absolute atomic E-state index is 13.2. The Labute approximate surface area is 208 Å². The summed E-state index contributed by atoms with van der Waals surface area (Å²) < 4.78 is 5.61. The Bertz CT molecular complexity index is 1320. The molecule has 2 amide bonds. The first-order valence-corrected chi connectivity index (χ1v) is 11.4. The highest BCUT2D eigenvalue weighted by molar-refractivity contribution is 6.36. The van der Waals surface area contributed by atoms with E-state index in [0.717, 1.165) is 5.56 Å². The monoisotopic (exact) mass is 488 g/mol. The van der Waals surface area contributed by atoms with E-state index in [1.54, 1.807) is 45.3 Å². The number of anilines is 1. The van der Waals surface area contributed by atoms with Crippen molar-refractivity contribution in [3.63, 3.8) is 0 Å². The minimum Gasteiger partial charge on any atom is -0.456 e. The van der Waals surface area contributed by atoms with Gasteiger partial charge in [-0.05, 0) is 56.7 Å². The zero-order valence-electron chi connectivity index (χ0n) is 19.6. The number of carbonyl (C=O) groups excluding carboxylic acids is 2. The van der Waals surface area contributed by atoms with E-state index in [-0.39, 0.29) is 11.3 Å². The molecule has 0 aliphatic carbocycles. The molecule has 2 heterocycles. The second-order valence-electron chi connectivity index (χ2n) is 8.88. The molecule has 178 valence electrons. The van der Waals surface area contributed by atoms with Gasteiger partial charge in [-0.1, -0.05) is 48.0 Å². The summed E-state index contributed by atoms with van der Waals surface area (Å²) in [6.45, 7) is 5.31. The van der Waals surface area contributed by atoms with Crippen LogP contribution in [0.5, 0.6) is 0 Å². The van der Waals surface area contributed by atoms with Crippen LogP contribution >= 0.6 is 11.6 Å². The average molecular weight is 489 g/mol. The molecule has 0 saturated carbocycles. The fourth-order valence-corrected chi connectivity index (χ4v) is 3.91. The largest absolute Gasteiger partial charge is 0.456 e. The molecule has 4 aromatic rings. The van der Waals surface area contributed by atoms with Crippen LogP contribution in [-0.4, -0.2) is 27.6 Å². The second-order valence-corrected chi connectivity index (χ2v) is 9.29. The maximum Gasteiger partial charge on any atom is 0.343 e. The van der Waals surface area contributed by atoms with Crippen molar-refractivity contribution in [2.75, 3.05) is 5.32 Å². The third kappa shape index (κ3) is 5.75. The number of amides is 2. The van der Waals surface area contributed by atoms with Crippen LogP contribution in [0.4, 0.5) is 10.5 Å². The van der Waals surface area contributed by atoms with Gasteiger partial charge in [0.1, 0.15) is 11.2 Å². The van der Waals surface area contributed by atoms with E-state index < -0.39 is 23.6 Å². The predicted octanol–water partition coefficient (Wildman–Crippen LogP) is 6.15. The number of rotatable bonds is 5. The zero-order valence-corrected chi connectivity index (χ0v) is 20.3. The summed E-state index contributed by atoms with van der Waals surface area (Å²) in [4.78, 5) is 35.1. The van der Waals surface area contributed by atoms with Crippen LogP contribution in [0.2, 0.25) is 5.02 Å². The Morgan fingerprint density at radius 2 is 1.66 bits per heavy atom. The Balaban J connectivity index is 1.71. The minimum atomic E-state index is -0.741. The Hall–Kier alpha value is -3.97. The summed E-state index contributed by atoms with van der Waals surface area (Å²) in [6, 6.07) is 18.9. The van der Waals surface area contributed by atoms with Gasteiger partial charge in [0.05, 0.1) is 28.0 Å². The zero-order chi connectivity index (χ0) is 25.0. The molecule has 2 aromatic carbocycles. The van der Waals surface area contributed by atoms with Crippen molar-refractivity contribution in [1.82, 2.24) is 15.3 Å². The Kier molecular flexibility index (Phi) is 6.98. The summed E-state index contributed by atoms with van der Waals surface area (Å²) in [5.74, 6) is -0.613. The van der Waals surface area contributed by atoms with Gasteiger partial charge >= 0.3 is 12.0 Å². The molecule has 0 radical (unpaired) electrons. The first-order valence-electron chi connectivity index (χ1n) is 11.1. The molecular formula is C27H25ClN4O3. The molecule has 7 nitrogen and oxygen atoms in total. The summed E-state index contributed by atoms with van der Waals surface area (Å²) >= 11 is 6.48.